The number of nitrogens with one attached hydrogen (secondary N) is 1. The predicted molar refractivity (Wildman–Crippen MR) is 86.9 cm³/mol. The molecule has 1 aromatic heterocycles. The summed E-state index contributed by atoms with van der Waals surface area (Å²) in [5.41, 5.74) is 2.98. The van der Waals surface area contributed by atoms with Gasteiger partial charge in [-0.15, -0.1) is 0 Å². The summed E-state index contributed by atoms with van der Waals surface area (Å²) < 4.78 is 7.02. The molecule has 1 N–H and O–H groups in total. The number of benzene rings is 1. The van der Waals surface area contributed by atoms with Crippen molar-refractivity contribution in [3.63, 3.8) is 0 Å². The van der Waals surface area contributed by atoms with Gasteiger partial charge in [-0.05, 0) is 11.1 Å². The molecule has 0 aliphatic carbocycles. The van der Waals surface area contributed by atoms with Crippen molar-refractivity contribution in [3.8, 4) is 0 Å². The molecule has 0 atom stereocenters. The molecule has 1 saturated heterocycles. The molecule has 0 radical (unpaired) electrons. The zero-order valence-corrected chi connectivity index (χ0v) is 13.4. The second-order valence-electron chi connectivity index (χ2n) is 5.74. The first-order valence-corrected chi connectivity index (χ1v) is 7.86. The zero-order chi connectivity index (χ0) is 16.1. The van der Waals surface area contributed by atoms with Crippen LogP contribution in [0.5, 0.6) is 0 Å². The van der Waals surface area contributed by atoms with Crippen molar-refractivity contribution < 1.29 is 9.53 Å². The second kappa shape index (κ2) is 7.39. The molecule has 1 aromatic carbocycles. The molecule has 0 bridgehead atoms. The van der Waals surface area contributed by atoms with Gasteiger partial charge in [-0.25, -0.2) is 0 Å². The van der Waals surface area contributed by atoms with E-state index in [1.165, 1.54) is 5.56 Å². The van der Waals surface area contributed by atoms with Crippen LogP contribution in [0.15, 0.2) is 36.7 Å². The highest BCUT2D eigenvalue weighted by Crippen LogP contribution is 2.13. The summed E-state index contributed by atoms with van der Waals surface area (Å²) in [5, 5.41) is 7.00. The fourth-order valence-corrected chi connectivity index (χ4v) is 2.70. The lowest BCUT2D eigenvalue weighted by Crippen LogP contribution is -2.36. The summed E-state index contributed by atoms with van der Waals surface area (Å²) in [4.78, 5) is 14.5. The van der Waals surface area contributed by atoms with Gasteiger partial charge in [0.2, 0.25) is 0 Å². The maximum absolute atomic E-state index is 12.1. The lowest BCUT2D eigenvalue weighted by atomic mass is 10.1. The van der Waals surface area contributed by atoms with Crippen LogP contribution in [0.1, 0.15) is 21.5 Å². The summed E-state index contributed by atoms with van der Waals surface area (Å²) in [6.45, 7) is 4.91. The topological polar surface area (TPSA) is 59.4 Å². The fraction of sp³-hybridized carbons (Fsp3) is 0.412. The molecule has 1 aliphatic heterocycles. The molecule has 1 amide bonds. The van der Waals surface area contributed by atoms with Gasteiger partial charge in [-0.1, -0.05) is 24.3 Å². The number of aromatic nitrogens is 2. The standard InChI is InChI=1S/C17H22N4O2/c1-20-12-16(11-19-20)17(22)18-10-14-4-2-3-5-15(14)13-21-6-8-23-9-7-21/h2-5,11-12H,6-10,13H2,1H3,(H,18,22). The predicted octanol–water partition coefficient (Wildman–Crippen LogP) is 1.18. The van der Waals surface area contributed by atoms with Gasteiger partial charge in [0.15, 0.2) is 0 Å². The number of aryl methyl sites for hydroxylation is 1. The highest BCUT2D eigenvalue weighted by atomic mass is 16.5. The summed E-state index contributed by atoms with van der Waals surface area (Å²) in [6, 6.07) is 8.25. The summed E-state index contributed by atoms with van der Waals surface area (Å²) in [6.07, 6.45) is 3.30. The fourth-order valence-electron chi connectivity index (χ4n) is 2.70. The molecule has 0 saturated carbocycles. The number of hydrogen-bond acceptors (Lipinski definition) is 4. The Labute approximate surface area is 136 Å². The molecule has 1 aliphatic rings. The van der Waals surface area contributed by atoms with Gasteiger partial charge in [0.25, 0.3) is 5.91 Å². The Morgan fingerprint density at radius 2 is 2.00 bits per heavy atom. The van der Waals surface area contributed by atoms with E-state index in [2.05, 4.69) is 27.4 Å². The lowest BCUT2D eigenvalue weighted by molar-refractivity contribution is 0.0340. The molecule has 6 nitrogen and oxygen atoms in total. The van der Waals surface area contributed by atoms with Gasteiger partial charge in [0.1, 0.15) is 0 Å². The SMILES string of the molecule is Cn1cc(C(=O)NCc2ccccc2CN2CCOCC2)cn1. The molecule has 2 aromatic rings. The number of morpholine rings is 1. The molecular formula is C17H22N4O2. The van der Waals surface area contributed by atoms with Crippen LogP contribution in [0.2, 0.25) is 0 Å². The summed E-state index contributed by atoms with van der Waals surface area (Å²) in [5.74, 6) is -0.0979. The van der Waals surface area contributed by atoms with Crippen molar-refractivity contribution in [2.45, 2.75) is 13.1 Å². The minimum absolute atomic E-state index is 0.0979. The first-order valence-electron chi connectivity index (χ1n) is 7.86. The summed E-state index contributed by atoms with van der Waals surface area (Å²) in [7, 11) is 1.80. The normalized spacial score (nSPS) is 15.5. The Morgan fingerprint density at radius 1 is 1.26 bits per heavy atom. The van der Waals surface area contributed by atoms with Crippen LogP contribution < -0.4 is 5.32 Å². The smallest absolute Gasteiger partial charge is 0.254 e. The van der Waals surface area contributed by atoms with Gasteiger partial charge in [0, 0.05) is 39.4 Å². The van der Waals surface area contributed by atoms with Crippen molar-refractivity contribution in [1.29, 1.82) is 0 Å². The highest BCUT2D eigenvalue weighted by molar-refractivity contribution is 5.93. The largest absolute Gasteiger partial charge is 0.379 e. The Hall–Kier alpha value is -2.18. The van der Waals surface area contributed by atoms with Crippen molar-refractivity contribution in [3.05, 3.63) is 53.3 Å². The number of amides is 1. The van der Waals surface area contributed by atoms with Crippen LogP contribution in [0.4, 0.5) is 0 Å². The van der Waals surface area contributed by atoms with E-state index in [1.54, 1.807) is 24.1 Å². The van der Waals surface area contributed by atoms with E-state index in [9.17, 15) is 4.79 Å². The maximum atomic E-state index is 12.1. The van der Waals surface area contributed by atoms with Crippen LogP contribution in [-0.2, 0) is 24.9 Å². The van der Waals surface area contributed by atoms with Crippen LogP contribution in [0.25, 0.3) is 0 Å². The Kier molecular flexibility index (Phi) is 5.05. The lowest BCUT2D eigenvalue weighted by Gasteiger charge is -2.27. The number of ether oxygens (including phenoxy) is 1. The van der Waals surface area contributed by atoms with Crippen molar-refractivity contribution >= 4 is 5.91 Å². The van der Waals surface area contributed by atoms with Gasteiger partial charge in [-0.3, -0.25) is 14.4 Å². The highest BCUT2D eigenvalue weighted by Gasteiger charge is 2.13. The third-order valence-corrected chi connectivity index (χ3v) is 4.02. The quantitative estimate of drug-likeness (QED) is 0.900. The zero-order valence-electron chi connectivity index (χ0n) is 13.4. The van der Waals surface area contributed by atoms with E-state index in [1.807, 2.05) is 12.1 Å². The maximum Gasteiger partial charge on any atom is 0.254 e. The summed E-state index contributed by atoms with van der Waals surface area (Å²) >= 11 is 0. The molecule has 122 valence electrons. The molecule has 3 rings (SSSR count). The van der Waals surface area contributed by atoms with E-state index in [0.29, 0.717) is 12.1 Å². The molecule has 6 heteroatoms. The van der Waals surface area contributed by atoms with Crippen molar-refractivity contribution in [2.24, 2.45) is 7.05 Å². The monoisotopic (exact) mass is 314 g/mol. The Balaban J connectivity index is 1.62. The van der Waals surface area contributed by atoms with E-state index >= 15 is 0 Å². The average molecular weight is 314 g/mol. The van der Waals surface area contributed by atoms with Crippen LogP contribution in [0.3, 0.4) is 0 Å². The first-order chi connectivity index (χ1) is 11.2. The van der Waals surface area contributed by atoms with Gasteiger partial charge in [0.05, 0.1) is 25.0 Å². The molecule has 1 fully saturated rings. The third kappa shape index (κ3) is 4.18. The minimum atomic E-state index is -0.0979. The number of rotatable bonds is 5. The number of carbonyl (C=O) groups excluding carboxylic acids is 1. The molecule has 0 unspecified atom stereocenters. The number of hydrogen-bond donors (Lipinski definition) is 1. The first kappa shape index (κ1) is 15.7. The molecule has 0 spiro atoms. The van der Waals surface area contributed by atoms with Crippen LogP contribution >= 0.6 is 0 Å². The Morgan fingerprint density at radius 3 is 2.70 bits per heavy atom. The van der Waals surface area contributed by atoms with Crippen LogP contribution in [0, 0.1) is 0 Å². The van der Waals surface area contributed by atoms with E-state index in [0.717, 1.165) is 38.4 Å². The second-order valence-corrected chi connectivity index (χ2v) is 5.74. The molecule has 2 heterocycles. The minimum Gasteiger partial charge on any atom is -0.379 e. The molecular weight excluding hydrogens is 292 g/mol. The van der Waals surface area contributed by atoms with Crippen molar-refractivity contribution in [1.82, 2.24) is 20.0 Å². The van der Waals surface area contributed by atoms with Gasteiger partial charge in [-0.2, -0.15) is 5.10 Å². The van der Waals surface area contributed by atoms with Crippen LogP contribution in [-0.4, -0.2) is 46.9 Å². The number of carbonyl (C=O) groups is 1. The van der Waals surface area contributed by atoms with E-state index in [-0.39, 0.29) is 5.91 Å². The van der Waals surface area contributed by atoms with Crippen molar-refractivity contribution in [2.75, 3.05) is 26.3 Å². The van der Waals surface area contributed by atoms with E-state index < -0.39 is 0 Å². The van der Waals surface area contributed by atoms with Gasteiger partial charge < -0.3 is 10.1 Å². The molecule has 23 heavy (non-hydrogen) atoms. The van der Waals surface area contributed by atoms with E-state index in [4.69, 9.17) is 4.74 Å². The number of nitrogens with zero attached hydrogens (tertiary/aromatic N) is 3. The van der Waals surface area contributed by atoms with Gasteiger partial charge >= 0.3 is 0 Å². The average Bonchev–Trinajstić information content (AvgIpc) is 3.01. The Bertz CT molecular complexity index is 662. The third-order valence-electron chi connectivity index (χ3n) is 4.02.